The van der Waals surface area contributed by atoms with E-state index >= 15 is 0 Å². The van der Waals surface area contributed by atoms with Crippen LogP contribution in [0.2, 0.25) is 0 Å². The van der Waals surface area contributed by atoms with Crippen LogP contribution in [0.15, 0.2) is 12.1 Å². The van der Waals surface area contributed by atoms with Crippen LogP contribution >= 0.6 is 0 Å². The summed E-state index contributed by atoms with van der Waals surface area (Å²) in [6.07, 6.45) is -7.86. The minimum Gasteiger partial charge on any atom is -0.397 e. The first-order valence-corrected chi connectivity index (χ1v) is 3.44. The van der Waals surface area contributed by atoms with Crippen molar-refractivity contribution in [1.29, 1.82) is 0 Å². The molecule has 7 heteroatoms. The van der Waals surface area contributed by atoms with E-state index in [1.54, 1.807) is 0 Å². The standard InChI is InChI=1S/C7H5F5N2/c8-6(9)4-2-1-3(13)5(14-4)7(10,11)12/h1-2,6H,13H2. The summed E-state index contributed by atoms with van der Waals surface area (Å²) < 4.78 is 60.3. The summed E-state index contributed by atoms with van der Waals surface area (Å²) in [5, 5.41) is 0. The van der Waals surface area contributed by atoms with Gasteiger partial charge in [0.15, 0.2) is 5.69 Å². The molecule has 1 rings (SSSR count). The van der Waals surface area contributed by atoms with E-state index in [1.165, 1.54) is 0 Å². The Hall–Kier alpha value is -1.40. The molecule has 0 saturated carbocycles. The van der Waals surface area contributed by atoms with Crippen LogP contribution in [0.1, 0.15) is 17.8 Å². The number of aromatic nitrogens is 1. The highest BCUT2D eigenvalue weighted by atomic mass is 19.4. The van der Waals surface area contributed by atoms with Crippen LogP contribution in [0, 0.1) is 0 Å². The molecule has 0 amide bonds. The predicted molar refractivity (Wildman–Crippen MR) is 38.6 cm³/mol. The minimum absolute atomic E-state index is 0.665. The molecule has 0 aliphatic carbocycles. The number of pyridine rings is 1. The summed E-state index contributed by atoms with van der Waals surface area (Å²) in [4.78, 5) is 2.74. The van der Waals surface area contributed by atoms with Crippen LogP contribution in [0.25, 0.3) is 0 Å². The molecule has 0 saturated heterocycles. The highest BCUT2D eigenvalue weighted by Gasteiger charge is 2.35. The lowest BCUT2D eigenvalue weighted by Gasteiger charge is -2.09. The Balaban J connectivity index is 3.22. The highest BCUT2D eigenvalue weighted by molar-refractivity contribution is 5.44. The maximum atomic E-state index is 12.1. The zero-order valence-electron chi connectivity index (χ0n) is 6.65. The average Bonchev–Trinajstić information content (AvgIpc) is 2.02. The molecular weight excluding hydrogens is 207 g/mol. The van der Waals surface area contributed by atoms with Gasteiger partial charge in [-0.15, -0.1) is 0 Å². The molecule has 1 heterocycles. The molecule has 0 unspecified atom stereocenters. The molecule has 78 valence electrons. The van der Waals surface area contributed by atoms with Crippen LogP contribution in [0.4, 0.5) is 27.6 Å². The van der Waals surface area contributed by atoms with Gasteiger partial charge < -0.3 is 5.73 Å². The Kier molecular flexibility index (Phi) is 2.59. The fourth-order valence-electron chi connectivity index (χ4n) is 0.834. The van der Waals surface area contributed by atoms with Crippen molar-refractivity contribution in [2.75, 3.05) is 5.73 Å². The number of anilines is 1. The lowest BCUT2D eigenvalue weighted by Crippen LogP contribution is -2.13. The fourth-order valence-corrected chi connectivity index (χ4v) is 0.834. The van der Waals surface area contributed by atoms with Crippen molar-refractivity contribution in [2.24, 2.45) is 0 Å². The molecule has 1 aromatic heterocycles. The van der Waals surface area contributed by atoms with E-state index < -0.39 is 29.7 Å². The zero-order valence-corrected chi connectivity index (χ0v) is 6.65. The molecule has 0 fully saturated rings. The van der Waals surface area contributed by atoms with Gasteiger partial charge in [0.1, 0.15) is 5.69 Å². The molecule has 0 atom stereocenters. The summed E-state index contributed by atoms with van der Waals surface area (Å²) in [6, 6.07) is 1.52. The largest absolute Gasteiger partial charge is 0.435 e. The fraction of sp³-hybridized carbons (Fsp3) is 0.286. The van der Waals surface area contributed by atoms with Gasteiger partial charge in [-0.25, -0.2) is 13.8 Å². The molecule has 14 heavy (non-hydrogen) atoms. The van der Waals surface area contributed by atoms with Gasteiger partial charge >= 0.3 is 6.18 Å². The van der Waals surface area contributed by atoms with Gasteiger partial charge in [-0.2, -0.15) is 13.2 Å². The Morgan fingerprint density at radius 2 is 1.79 bits per heavy atom. The second-order valence-electron chi connectivity index (χ2n) is 2.47. The number of nitrogen functional groups attached to an aromatic ring is 1. The molecular formula is C7H5F5N2. The van der Waals surface area contributed by atoms with E-state index in [4.69, 9.17) is 5.73 Å². The molecule has 0 aliphatic rings. The number of hydrogen-bond acceptors (Lipinski definition) is 2. The van der Waals surface area contributed by atoms with E-state index in [0.717, 1.165) is 12.1 Å². The molecule has 0 aromatic carbocycles. The quantitative estimate of drug-likeness (QED) is 0.726. The van der Waals surface area contributed by atoms with E-state index in [9.17, 15) is 22.0 Å². The zero-order chi connectivity index (χ0) is 10.9. The third-order valence-corrected chi connectivity index (χ3v) is 1.44. The van der Waals surface area contributed by atoms with Gasteiger partial charge in [0, 0.05) is 0 Å². The first-order valence-electron chi connectivity index (χ1n) is 3.44. The Morgan fingerprint density at radius 3 is 2.21 bits per heavy atom. The van der Waals surface area contributed by atoms with E-state index in [-0.39, 0.29) is 0 Å². The van der Waals surface area contributed by atoms with Gasteiger partial charge in [0.05, 0.1) is 5.69 Å². The van der Waals surface area contributed by atoms with Crippen molar-refractivity contribution in [3.8, 4) is 0 Å². The number of nitrogens with two attached hydrogens (primary N) is 1. The average molecular weight is 212 g/mol. The number of halogens is 5. The molecule has 0 radical (unpaired) electrons. The summed E-state index contributed by atoms with van der Waals surface area (Å²) >= 11 is 0. The first-order chi connectivity index (χ1) is 6.32. The number of hydrogen-bond donors (Lipinski definition) is 1. The van der Waals surface area contributed by atoms with Crippen molar-refractivity contribution < 1.29 is 22.0 Å². The van der Waals surface area contributed by atoms with Crippen molar-refractivity contribution in [2.45, 2.75) is 12.6 Å². The van der Waals surface area contributed by atoms with Gasteiger partial charge in [0.2, 0.25) is 0 Å². The Bertz CT molecular complexity index is 333. The summed E-state index contributed by atoms with van der Waals surface area (Å²) in [5.74, 6) is 0. The second-order valence-corrected chi connectivity index (χ2v) is 2.47. The normalized spacial score (nSPS) is 12.1. The molecule has 2 N–H and O–H groups in total. The topological polar surface area (TPSA) is 38.9 Å². The highest BCUT2D eigenvalue weighted by Crippen LogP contribution is 2.33. The van der Waals surface area contributed by atoms with E-state index in [0.29, 0.717) is 0 Å². The number of rotatable bonds is 1. The van der Waals surface area contributed by atoms with Gasteiger partial charge in [0.25, 0.3) is 6.43 Å². The third kappa shape index (κ3) is 2.09. The van der Waals surface area contributed by atoms with Crippen LogP contribution < -0.4 is 5.73 Å². The lowest BCUT2D eigenvalue weighted by molar-refractivity contribution is -0.140. The maximum Gasteiger partial charge on any atom is 0.435 e. The van der Waals surface area contributed by atoms with Crippen LogP contribution in [0.5, 0.6) is 0 Å². The third-order valence-electron chi connectivity index (χ3n) is 1.44. The van der Waals surface area contributed by atoms with Crippen LogP contribution in [-0.4, -0.2) is 4.98 Å². The molecule has 2 nitrogen and oxygen atoms in total. The minimum atomic E-state index is -4.81. The number of alkyl halides is 5. The Labute approximate surface area is 75.5 Å². The predicted octanol–water partition coefficient (Wildman–Crippen LogP) is 2.62. The maximum absolute atomic E-state index is 12.1. The second kappa shape index (κ2) is 3.39. The van der Waals surface area contributed by atoms with Crippen molar-refractivity contribution in [3.63, 3.8) is 0 Å². The van der Waals surface area contributed by atoms with E-state index in [2.05, 4.69) is 4.98 Å². The van der Waals surface area contributed by atoms with Crippen molar-refractivity contribution >= 4 is 5.69 Å². The summed E-state index contributed by atoms with van der Waals surface area (Å²) in [6.45, 7) is 0. The van der Waals surface area contributed by atoms with Crippen molar-refractivity contribution in [3.05, 3.63) is 23.5 Å². The van der Waals surface area contributed by atoms with Gasteiger partial charge in [-0.3, -0.25) is 0 Å². The molecule has 0 aliphatic heterocycles. The van der Waals surface area contributed by atoms with Gasteiger partial charge in [-0.05, 0) is 12.1 Å². The SMILES string of the molecule is Nc1ccc(C(F)F)nc1C(F)(F)F. The smallest absolute Gasteiger partial charge is 0.397 e. The Morgan fingerprint density at radius 1 is 1.21 bits per heavy atom. The van der Waals surface area contributed by atoms with Gasteiger partial charge in [-0.1, -0.05) is 0 Å². The van der Waals surface area contributed by atoms with Crippen LogP contribution in [0.3, 0.4) is 0 Å². The molecule has 0 bridgehead atoms. The molecule has 1 aromatic rings. The lowest BCUT2D eigenvalue weighted by atomic mass is 10.2. The van der Waals surface area contributed by atoms with Crippen LogP contribution in [-0.2, 0) is 6.18 Å². The van der Waals surface area contributed by atoms with Crippen molar-refractivity contribution in [1.82, 2.24) is 4.98 Å². The monoisotopic (exact) mass is 212 g/mol. The molecule has 0 spiro atoms. The van der Waals surface area contributed by atoms with E-state index in [1.807, 2.05) is 0 Å². The summed E-state index contributed by atoms with van der Waals surface area (Å²) in [5.41, 5.74) is 1.87. The number of nitrogens with zero attached hydrogens (tertiary/aromatic N) is 1. The summed E-state index contributed by atoms with van der Waals surface area (Å²) in [7, 11) is 0. The first kappa shape index (κ1) is 10.7.